The number of carbonyl (C=O) groups is 5. The number of nitrogens with zero attached hydrogens (tertiary/aromatic N) is 6. The number of phenolic OH excluding ortho intramolecular Hbond substituents is 1. The number of β-lactam (4-membered cyclic amide) rings is 1. The lowest BCUT2D eigenvalue weighted by molar-refractivity contribution is -0.150. The number of anilines is 1. The Bertz CT molecular complexity index is 2040. The zero-order chi connectivity index (χ0) is 36.7. The van der Waals surface area contributed by atoms with E-state index in [9.17, 15) is 49.5 Å². The van der Waals surface area contributed by atoms with Crippen molar-refractivity contribution in [3.8, 4) is 11.5 Å². The highest BCUT2D eigenvalue weighted by Crippen LogP contribution is 2.42. The van der Waals surface area contributed by atoms with Crippen LogP contribution < -0.4 is 16.6 Å². The third-order valence-electron chi connectivity index (χ3n) is 7.47. The van der Waals surface area contributed by atoms with Gasteiger partial charge in [-0.2, -0.15) is 5.01 Å². The van der Waals surface area contributed by atoms with Gasteiger partial charge in [0.1, 0.15) is 35.0 Å². The minimum atomic E-state index is -1.55. The molecule has 20 nitrogen and oxygen atoms in total. The van der Waals surface area contributed by atoms with Crippen molar-refractivity contribution in [2.45, 2.75) is 24.9 Å². The summed E-state index contributed by atoms with van der Waals surface area (Å²) >= 11 is 3.41. The molecular formula is C28H25N9O11S3. The Hall–Kier alpha value is -5.78. The first-order valence-corrected chi connectivity index (χ1v) is 17.3. The number of amides is 3. The number of carbonyl (C=O) groups excluding carboxylic acids is 2. The molecule has 0 spiro atoms. The van der Waals surface area contributed by atoms with E-state index in [4.69, 9.17) is 10.6 Å². The van der Waals surface area contributed by atoms with Gasteiger partial charge in [0.2, 0.25) is 0 Å². The molecule has 0 bridgehead atoms. The van der Waals surface area contributed by atoms with Gasteiger partial charge in [0, 0.05) is 28.2 Å². The van der Waals surface area contributed by atoms with Crippen molar-refractivity contribution >= 4 is 81.3 Å². The standard InChI is InChI=1S/C28H25N9O11S3/c1-10-4-16(37-15(30-10)5-35(34-37)28(46)47)49-7-12-8-50-24-19(23(41)36(24)20(12)26(44)45)32-22(40)18(13-9-51-27(29)31-13)33-48-6-11-2-3-14(38)21(39)17(11)25(42)43/h2-5,9,19,24,34,38-39H,6-8H2,1H3,(H2,29,31)(H,32,40)(H,42,43)(H,44,45)(H,46,47)/t19-,24-/m1/s1. The van der Waals surface area contributed by atoms with Crippen LogP contribution in [0.2, 0.25) is 0 Å². The van der Waals surface area contributed by atoms with Crippen molar-refractivity contribution in [3.05, 3.63) is 68.7 Å². The molecule has 0 unspecified atom stereocenters. The number of nitrogen functional groups attached to an aromatic ring is 1. The van der Waals surface area contributed by atoms with Crippen molar-refractivity contribution < 1.29 is 54.3 Å². The number of allylic oxidation sites excluding steroid dienone is 1. The van der Waals surface area contributed by atoms with Crippen LogP contribution in [0.5, 0.6) is 11.5 Å². The number of aliphatic imine (C=N–C) groups is 1. The number of aromatic nitrogens is 1. The van der Waals surface area contributed by atoms with Crippen LogP contribution in [0, 0.1) is 0 Å². The molecule has 0 saturated carbocycles. The number of hydrazine groups is 2. The van der Waals surface area contributed by atoms with E-state index in [1.165, 1.54) is 46.2 Å². The summed E-state index contributed by atoms with van der Waals surface area (Å²) in [6.45, 7) is 1.17. The molecule has 51 heavy (non-hydrogen) atoms. The molecular weight excluding hydrogens is 735 g/mol. The van der Waals surface area contributed by atoms with Gasteiger partial charge in [-0.25, -0.2) is 29.4 Å². The number of hydrogen-bond donors (Lipinski definition) is 8. The van der Waals surface area contributed by atoms with Crippen molar-refractivity contribution in [1.82, 2.24) is 30.8 Å². The van der Waals surface area contributed by atoms with E-state index < -0.39 is 70.6 Å². The third-order valence-corrected chi connectivity index (χ3v) is 10.6. The number of nitrogens with one attached hydrogen (secondary N) is 2. The fourth-order valence-corrected chi connectivity index (χ4v) is 8.28. The summed E-state index contributed by atoms with van der Waals surface area (Å²) in [6, 6.07) is 1.07. The second-order valence-corrected chi connectivity index (χ2v) is 13.8. The Labute approximate surface area is 298 Å². The third kappa shape index (κ3) is 6.73. The van der Waals surface area contributed by atoms with Gasteiger partial charge in [-0.15, -0.1) is 40.4 Å². The Morgan fingerprint density at radius 2 is 1.96 bits per heavy atom. The minimum Gasteiger partial charge on any atom is -0.504 e. The Morgan fingerprint density at radius 3 is 2.63 bits per heavy atom. The van der Waals surface area contributed by atoms with Crippen LogP contribution in [0.25, 0.3) is 0 Å². The number of phenols is 2. The number of thioether (sulfide) groups is 2. The average molecular weight is 760 g/mol. The van der Waals surface area contributed by atoms with Crippen LogP contribution in [0.15, 0.2) is 62.1 Å². The number of benzene rings is 1. The Kier molecular flexibility index (Phi) is 9.52. The molecule has 5 heterocycles. The predicted octanol–water partition coefficient (Wildman–Crippen LogP) is 1.06. The van der Waals surface area contributed by atoms with E-state index in [1.54, 1.807) is 13.0 Å². The van der Waals surface area contributed by atoms with Gasteiger partial charge in [-0.05, 0) is 24.6 Å². The summed E-state index contributed by atoms with van der Waals surface area (Å²) in [4.78, 5) is 77.1. The number of nitrogens with two attached hydrogens (primary N) is 1. The number of aromatic hydroxyl groups is 2. The molecule has 266 valence electrons. The van der Waals surface area contributed by atoms with Crippen molar-refractivity contribution in [1.29, 1.82) is 0 Å². The first kappa shape index (κ1) is 35.1. The van der Waals surface area contributed by atoms with Gasteiger partial charge in [0.05, 0.1) is 11.2 Å². The number of oxime groups is 1. The number of rotatable bonds is 11. The number of fused-ring (bicyclic) bond motifs is 2. The number of aromatic carboxylic acids is 1. The number of thiazole rings is 1. The van der Waals surface area contributed by atoms with E-state index in [-0.39, 0.29) is 33.6 Å². The van der Waals surface area contributed by atoms with E-state index in [2.05, 4.69) is 26.0 Å². The van der Waals surface area contributed by atoms with Crippen LogP contribution in [0.3, 0.4) is 0 Å². The molecule has 0 aliphatic carbocycles. The maximum Gasteiger partial charge on any atom is 0.427 e. The molecule has 1 aromatic carbocycles. The van der Waals surface area contributed by atoms with Crippen molar-refractivity contribution in [2.75, 3.05) is 17.2 Å². The highest BCUT2D eigenvalue weighted by atomic mass is 32.2. The van der Waals surface area contributed by atoms with Gasteiger partial charge < -0.3 is 41.4 Å². The van der Waals surface area contributed by atoms with Gasteiger partial charge >= 0.3 is 18.0 Å². The lowest BCUT2D eigenvalue weighted by Crippen LogP contribution is -2.71. The van der Waals surface area contributed by atoms with Crippen LogP contribution in [0.1, 0.15) is 28.5 Å². The Morgan fingerprint density at radius 1 is 1.20 bits per heavy atom. The molecule has 23 heteroatoms. The number of hydrogen-bond acceptors (Lipinski definition) is 17. The quantitative estimate of drug-likeness (QED) is 0.0687. The molecule has 2 atom stereocenters. The minimum absolute atomic E-state index is 0.0263. The normalized spacial score (nSPS) is 19.8. The smallest absolute Gasteiger partial charge is 0.427 e. The molecule has 1 saturated heterocycles. The summed E-state index contributed by atoms with van der Waals surface area (Å²) in [6.07, 6.45) is 1.72. The monoisotopic (exact) mass is 759 g/mol. The lowest BCUT2D eigenvalue weighted by atomic mass is 10.0. The summed E-state index contributed by atoms with van der Waals surface area (Å²) < 4.78 is 0. The van der Waals surface area contributed by atoms with Crippen LogP contribution >= 0.6 is 34.9 Å². The van der Waals surface area contributed by atoms with Gasteiger partial charge in [0.15, 0.2) is 28.2 Å². The Balaban J connectivity index is 1.16. The molecule has 2 aromatic rings. The second kappa shape index (κ2) is 13.9. The highest BCUT2D eigenvalue weighted by Gasteiger charge is 2.54. The second-order valence-electron chi connectivity index (χ2n) is 10.8. The molecule has 4 aliphatic rings. The number of carboxylic acid groups (broad SMARTS) is 3. The number of carboxylic acids is 2. The summed E-state index contributed by atoms with van der Waals surface area (Å²) in [5.41, 5.74) is 8.00. The van der Waals surface area contributed by atoms with E-state index >= 15 is 0 Å². The van der Waals surface area contributed by atoms with Gasteiger partial charge in [-0.1, -0.05) is 11.2 Å². The van der Waals surface area contributed by atoms with Crippen molar-refractivity contribution in [2.24, 2.45) is 10.1 Å². The summed E-state index contributed by atoms with van der Waals surface area (Å²) in [7, 11) is 0. The fraction of sp³-hybridized carbons (Fsp3) is 0.214. The SMILES string of the molecule is CC1=NC2=CN(C(=O)O)NN2C(SCC2=C(C(=O)O)N3C(=O)[C@@H](NC(=O)C(=NOCc4ccc(O)c(O)c4C(=O)O)c4csc(N)n4)[C@H]3SC2)=C1. The van der Waals surface area contributed by atoms with Crippen molar-refractivity contribution in [3.63, 3.8) is 0 Å². The zero-order valence-electron chi connectivity index (χ0n) is 25.8. The molecule has 0 radical (unpaired) electrons. The number of aliphatic carboxylic acids is 1. The molecule has 3 amide bonds. The van der Waals surface area contributed by atoms with Crippen LogP contribution in [0.4, 0.5) is 9.93 Å². The van der Waals surface area contributed by atoms with Gasteiger partial charge in [-0.3, -0.25) is 14.5 Å². The first-order chi connectivity index (χ1) is 24.2. The van der Waals surface area contributed by atoms with E-state index in [1.807, 2.05) is 0 Å². The molecule has 4 aliphatic heterocycles. The van der Waals surface area contributed by atoms with Gasteiger partial charge in [0.25, 0.3) is 11.8 Å². The predicted molar refractivity (Wildman–Crippen MR) is 181 cm³/mol. The maximum atomic E-state index is 13.5. The molecule has 6 rings (SSSR count). The lowest BCUT2D eigenvalue weighted by Gasteiger charge is -2.49. The maximum absolute atomic E-state index is 13.5. The first-order valence-electron chi connectivity index (χ1n) is 14.3. The fourth-order valence-electron chi connectivity index (χ4n) is 5.18. The molecule has 1 fully saturated rings. The molecule has 1 aromatic heterocycles. The summed E-state index contributed by atoms with van der Waals surface area (Å²) in [5.74, 6) is -5.45. The summed E-state index contributed by atoms with van der Waals surface area (Å²) in [5, 5.41) is 58.5. The largest absolute Gasteiger partial charge is 0.504 e. The topological polar surface area (TPSA) is 293 Å². The van der Waals surface area contributed by atoms with Crippen LogP contribution in [-0.2, 0) is 25.8 Å². The van der Waals surface area contributed by atoms with Crippen LogP contribution in [-0.4, -0.2) is 110 Å². The van der Waals surface area contributed by atoms with E-state index in [0.717, 1.165) is 27.3 Å². The highest BCUT2D eigenvalue weighted by molar-refractivity contribution is 8.03. The van der Waals surface area contributed by atoms with E-state index in [0.29, 0.717) is 22.1 Å². The molecule has 9 N–H and O–H groups in total. The average Bonchev–Trinajstić information content (AvgIpc) is 3.71. The zero-order valence-corrected chi connectivity index (χ0v) is 28.3.